The van der Waals surface area contributed by atoms with E-state index in [9.17, 15) is 9.90 Å². The van der Waals surface area contributed by atoms with Gasteiger partial charge in [-0.1, -0.05) is 30.0 Å². The molecule has 3 rings (SSSR count). The van der Waals surface area contributed by atoms with Crippen LogP contribution in [-0.4, -0.2) is 21.6 Å². The molecule has 0 aromatic heterocycles. The zero-order valence-electron chi connectivity index (χ0n) is 9.53. The summed E-state index contributed by atoms with van der Waals surface area (Å²) in [6, 6.07) is 7.22. The molecule has 0 fully saturated rings. The van der Waals surface area contributed by atoms with Crippen molar-refractivity contribution < 1.29 is 9.90 Å². The summed E-state index contributed by atoms with van der Waals surface area (Å²) in [5.74, 6) is -0.129. The van der Waals surface area contributed by atoms with E-state index in [0.717, 1.165) is 0 Å². The van der Waals surface area contributed by atoms with Crippen LogP contribution in [0.3, 0.4) is 0 Å². The highest BCUT2D eigenvalue weighted by Crippen LogP contribution is 2.52. The van der Waals surface area contributed by atoms with Gasteiger partial charge in [-0.15, -0.1) is 17.0 Å². The molecular formula is C11H12BrN3O2S. The third-order valence-electron chi connectivity index (χ3n) is 2.99. The maximum absolute atomic E-state index is 11.7. The second-order valence-electron chi connectivity index (χ2n) is 4.05. The molecule has 2 heterocycles. The lowest BCUT2D eigenvalue weighted by atomic mass is 10.1. The van der Waals surface area contributed by atoms with Crippen molar-refractivity contribution in [3.8, 4) is 0 Å². The second-order valence-corrected chi connectivity index (χ2v) is 5.15. The van der Waals surface area contributed by atoms with Crippen molar-refractivity contribution in [3.63, 3.8) is 0 Å². The van der Waals surface area contributed by atoms with Gasteiger partial charge in [0.25, 0.3) is 0 Å². The van der Waals surface area contributed by atoms with Crippen LogP contribution in [0.1, 0.15) is 12.5 Å². The lowest BCUT2D eigenvalue weighted by Gasteiger charge is -2.24. The highest BCUT2D eigenvalue weighted by molar-refractivity contribution is 8.93. The highest BCUT2D eigenvalue weighted by atomic mass is 79.9. The number of amidine groups is 1. The van der Waals surface area contributed by atoms with Gasteiger partial charge in [0.1, 0.15) is 5.37 Å². The lowest BCUT2D eigenvalue weighted by Crippen LogP contribution is -2.41. The van der Waals surface area contributed by atoms with Crippen molar-refractivity contribution in [2.24, 2.45) is 10.7 Å². The number of amides is 1. The number of carbonyl (C=O) groups is 1. The van der Waals surface area contributed by atoms with E-state index in [2.05, 4.69) is 4.99 Å². The molecule has 0 spiro atoms. The quantitative estimate of drug-likeness (QED) is 0.748. The molecule has 0 bridgehead atoms. The minimum Gasteiger partial charge on any atom is -0.378 e. The standard InChI is InChI=1S/C11H11N3O2S.BrH/c1-6(15)14-8-5-3-2-4-7(8)11(16)9(14)17-10(12)13-11;/h2-5,9,16H,1H3,(H2,12,13);1H. The number of anilines is 1. The largest absolute Gasteiger partial charge is 0.378 e. The maximum atomic E-state index is 11.7. The molecule has 0 saturated carbocycles. The van der Waals surface area contributed by atoms with Gasteiger partial charge >= 0.3 is 0 Å². The summed E-state index contributed by atoms with van der Waals surface area (Å²) in [5, 5.41) is 10.4. The van der Waals surface area contributed by atoms with E-state index in [0.29, 0.717) is 16.4 Å². The van der Waals surface area contributed by atoms with Crippen LogP contribution in [-0.2, 0) is 10.5 Å². The number of benzene rings is 1. The SMILES string of the molecule is Br.CC(=O)N1c2ccccc2C2(O)N=C(N)SC12. The summed E-state index contributed by atoms with van der Waals surface area (Å²) in [6.07, 6.45) is 0. The number of fused-ring (bicyclic) bond motifs is 3. The number of rotatable bonds is 0. The average molecular weight is 330 g/mol. The number of carbonyl (C=O) groups excluding carboxylic acids is 1. The summed E-state index contributed by atoms with van der Waals surface area (Å²) in [7, 11) is 0. The first-order valence-electron chi connectivity index (χ1n) is 5.17. The van der Waals surface area contributed by atoms with Crippen molar-refractivity contribution in [2.75, 3.05) is 4.90 Å². The lowest BCUT2D eigenvalue weighted by molar-refractivity contribution is -0.117. The van der Waals surface area contributed by atoms with E-state index < -0.39 is 11.1 Å². The van der Waals surface area contributed by atoms with Gasteiger partial charge in [-0.2, -0.15) is 0 Å². The molecule has 5 nitrogen and oxygen atoms in total. The molecule has 0 saturated heterocycles. The zero-order chi connectivity index (χ0) is 12.2. The first-order valence-corrected chi connectivity index (χ1v) is 6.05. The van der Waals surface area contributed by atoms with E-state index in [1.54, 1.807) is 17.0 Å². The van der Waals surface area contributed by atoms with Crippen LogP contribution >= 0.6 is 28.7 Å². The summed E-state index contributed by atoms with van der Waals surface area (Å²) in [6.45, 7) is 1.47. The molecule has 2 unspecified atom stereocenters. The van der Waals surface area contributed by atoms with Gasteiger partial charge in [-0.05, 0) is 6.07 Å². The Kier molecular flexibility index (Phi) is 3.16. The van der Waals surface area contributed by atoms with Crippen molar-refractivity contribution in [1.82, 2.24) is 0 Å². The van der Waals surface area contributed by atoms with Crippen LogP contribution in [0, 0.1) is 0 Å². The van der Waals surface area contributed by atoms with Gasteiger partial charge in [0, 0.05) is 12.5 Å². The molecule has 2 atom stereocenters. The minimum atomic E-state index is -1.41. The topological polar surface area (TPSA) is 78.9 Å². The van der Waals surface area contributed by atoms with E-state index in [1.165, 1.54) is 18.7 Å². The molecule has 96 valence electrons. The van der Waals surface area contributed by atoms with E-state index in [4.69, 9.17) is 5.73 Å². The molecule has 1 aromatic rings. The Morgan fingerprint density at radius 3 is 2.89 bits per heavy atom. The molecule has 3 N–H and O–H groups in total. The van der Waals surface area contributed by atoms with Crippen molar-refractivity contribution in [2.45, 2.75) is 18.0 Å². The number of aliphatic hydroxyl groups is 1. The molecule has 18 heavy (non-hydrogen) atoms. The van der Waals surface area contributed by atoms with Crippen molar-refractivity contribution in [3.05, 3.63) is 29.8 Å². The fourth-order valence-corrected chi connectivity index (χ4v) is 3.46. The number of hydrogen-bond donors (Lipinski definition) is 2. The van der Waals surface area contributed by atoms with Gasteiger partial charge in [-0.3, -0.25) is 9.69 Å². The fraction of sp³-hybridized carbons (Fsp3) is 0.273. The first-order chi connectivity index (χ1) is 8.04. The summed E-state index contributed by atoms with van der Waals surface area (Å²) in [5.41, 5.74) is 5.58. The van der Waals surface area contributed by atoms with E-state index in [1.807, 2.05) is 12.1 Å². The van der Waals surface area contributed by atoms with Crippen LogP contribution in [0.4, 0.5) is 5.69 Å². The molecule has 1 aromatic carbocycles. The molecule has 2 aliphatic rings. The molecule has 1 amide bonds. The number of hydrogen-bond acceptors (Lipinski definition) is 5. The fourth-order valence-electron chi connectivity index (χ4n) is 2.33. The predicted octanol–water partition coefficient (Wildman–Crippen LogP) is 1.16. The van der Waals surface area contributed by atoms with Gasteiger partial charge < -0.3 is 10.8 Å². The van der Waals surface area contributed by atoms with Gasteiger partial charge in [0.05, 0.1) is 5.69 Å². The van der Waals surface area contributed by atoms with Crippen LogP contribution in [0.15, 0.2) is 29.3 Å². The maximum Gasteiger partial charge on any atom is 0.225 e. The number of nitrogens with zero attached hydrogens (tertiary/aromatic N) is 2. The Hall–Kier alpha value is -1.05. The number of nitrogens with two attached hydrogens (primary N) is 1. The van der Waals surface area contributed by atoms with E-state index >= 15 is 0 Å². The van der Waals surface area contributed by atoms with Crippen LogP contribution in [0.2, 0.25) is 0 Å². The zero-order valence-corrected chi connectivity index (χ0v) is 12.1. The van der Waals surface area contributed by atoms with E-state index in [-0.39, 0.29) is 22.9 Å². The number of para-hydroxylation sites is 1. The predicted molar refractivity (Wildman–Crippen MR) is 76.8 cm³/mol. The molecular weight excluding hydrogens is 318 g/mol. The monoisotopic (exact) mass is 329 g/mol. The normalized spacial score (nSPS) is 28.2. The second kappa shape index (κ2) is 4.25. The van der Waals surface area contributed by atoms with Crippen LogP contribution in [0.5, 0.6) is 0 Å². The molecule has 7 heteroatoms. The van der Waals surface area contributed by atoms with Crippen LogP contribution in [0.25, 0.3) is 0 Å². The van der Waals surface area contributed by atoms with Crippen molar-refractivity contribution in [1.29, 1.82) is 0 Å². The Morgan fingerprint density at radius 1 is 1.56 bits per heavy atom. The molecule has 2 aliphatic heterocycles. The third kappa shape index (κ3) is 1.58. The Bertz CT molecular complexity index is 551. The highest BCUT2D eigenvalue weighted by Gasteiger charge is 2.55. The summed E-state index contributed by atoms with van der Waals surface area (Å²) < 4.78 is 0. The smallest absolute Gasteiger partial charge is 0.225 e. The Balaban J connectivity index is 0.00000120. The Labute approximate surface area is 119 Å². The Morgan fingerprint density at radius 2 is 2.22 bits per heavy atom. The number of thioether (sulfide) groups is 1. The average Bonchev–Trinajstić information content (AvgIpc) is 2.66. The summed E-state index contributed by atoms with van der Waals surface area (Å²) >= 11 is 1.21. The van der Waals surface area contributed by atoms with Gasteiger partial charge in [-0.25, -0.2) is 4.99 Å². The number of halogens is 1. The minimum absolute atomic E-state index is 0. The third-order valence-corrected chi connectivity index (χ3v) is 4.09. The van der Waals surface area contributed by atoms with Gasteiger partial charge in [0.2, 0.25) is 11.6 Å². The number of aliphatic imine (C=N–C) groups is 1. The summed E-state index contributed by atoms with van der Waals surface area (Å²) in [4.78, 5) is 17.3. The van der Waals surface area contributed by atoms with Crippen LogP contribution < -0.4 is 10.6 Å². The van der Waals surface area contributed by atoms with Crippen molar-refractivity contribution >= 4 is 45.5 Å². The molecule has 0 aliphatic carbocycles. The first kappa shape index (κ1) is 13.4. The molecule has 0 radical (unpaired) electrons. The van der Waals surface area contributed by atoms with Gasteiger partial charge in [0.15, 0.2) is 5.17 Å².